The Kier molecular flexibility index (Phi) is 33.6. The van der Waals surface area contributed by atoms with Crippen LogP contribution in [0.25, 0.3) is 0 Å². The maximum atomic E-state index is 13.6. The van der Waals surface area contributed by atoms with Crippen LogP contribution in [0, 0.1) is 0 Å². The fraction of sp³-hybridized carbons (Fsp3) is 0.349. The number of rotatable bonds is 45. The second kappa shape index (κ2) is 45.9. The average Bonchev–Trinajstić information content (AvgIpc) is 1.68. The van der Waals surface area contributed by atoms with E-state index in [1.807, 2.05) is 7.05 Å². The number of hydrogen-bond donors (Lipinski definition) is 18. The molecule has 0 atom stereocenters. The maximum absolute atomic E-state index is 13.6. The molecule has 0 bridgehead atoms. The molecule has 0 unspecified atom stereocenters. The Morgan fingerprint density at radius 1 is 0.254 bits per heavy atom. The monoisotopic (exact) mass is 1900 g/mol. The lowest BCUT2D eigenvalue weighted by molar-refractivity contribution is -0.122. The number of nitrogens with one attached hydrogen (secondary N) is 17. The van der Waals surface area contributed by atoms with Crippen molar-refractivity contribution in [2.45, 2.75) is 58.3 Å². The van der Waals surface area contributed by atoms with Crippen LogP contribution in [0.1, 0.15) is 174 Å². The summed E-state index contributed by atoms with van der Waals surface area (Å²) in [4.78, 5) is 245. The number of imidazole rings is 5. The van der Waals surface area contributed by atoms with E-state index in [2.05, 4.69) is 120 Å². The molecule has 0 aliphatic rings. The maximum Gasteiger partial charge on any atom is 0.292 e. The smallest absolute Gasteiger partial charge is 0.292 e. The number of carbonyl (C=O) groups excluding carboxylic acids is 17. The highest BCUT2D eigenvalue weighted by atomic mass is 16.2. The summed E-state index contributed by atoms with van der Waals surface area (Å²) in [6.45, 7) is 4.01. The summed E-state index contributed by atoms with van der Waals surface area (Å²) in [5.41, 5.74) is 8.06. The molecular weight excluding hydrogens is 1800 g/mol. The summed E-state index contributed by atoms with van der Waals surface area (Å²) < 4.78 is 15.9. The standard InChI is InChI=1S/C86H109N35O17/c1-48(122)94-61-43-118(10)75(104-61)86(138)109-65-47-117(9)71(108-65)82(134)93-27-19-67(124)89-25-20-69(126)102-63-45-120(12)73(106-63)84(136)99-53-35-58(114(6)41-53)79(131)95-49-31-55(111(3)37-49)76(128)90-23-14-17-68(125)101-62-44-119(11)72(105-62)83(135)98-52-34-59(115(7)40-52)81(133)97-51-33-57(113(5)39-51)78(130)92-28-21-70(127)103-64-46-121(13)74(107-64)85(137)100-54-36-60(116(8)42-54)80(132)96-50-32-56(112(4)38-50)77(129)91-26-18-66(123)88-24-16-30-110(2)29-15-22-87/h31-47H,14-30,87H2,1-13H3,(H,88,123)(H,89,124)(H,90,128)(H,91,129)(H,92,130)(H,93,134)(H,94,122)(H,95,131)(H,96,132)(H,97,133)(H,98,135)(H,99,136)(H,100,137)(H,101,125)(H,102,126)(H,103,127)(H,109,138). The first-order valence-corrected chi connectivity index (χ1v) is 43.2. The molecule has 19 N–H and O–H groups in total. The molecule has 11 aromatic heterocycles. The first kappa shape index (κ1) is 101. The van der Waals surface area contributed by atoms with Crippen LogP contribution in [0.4, 0.5) is 63.2 Å². The van der Waals surface area contributed by atoms with Crippen LogP contribution in [0.15, 0.2) is 105 Å². The van der Waals surface area contributed by atoms with Crippen molar-refractivity contribution in [2.75, 3.05) is 124 Å². The number of aromatic nitrogens is 16. The summed E-state index contributed by atoms with van der Waals surface area (Å²) >= 11 is 0. The average molecular weight is 1910 g/mol. The Hall–Kier alpha value is -17.4. The van der Waals surface area contributed by atoms with Gasteiger partial charge in [-0.3, -0.25) is 81.5 Å². The Morgan fingerprint density at radius 3 is 0.819 bits per heavy atom. The molecule has 11 aromatic rings. The highest BCUT2D eigenvalue weighted by molar-refractivity contribution is 6.11. The number of nitrogens with zero attached hydrogens (tertiary/aromatic N) is 17. The van der Waals surface area contributed by atoms with Gasteiger partial charge in [0.2, 0.25) is 64.6 Å². The van der Waals surface area contributed by atoms with Gasteiger partial charge in [0, 0.05) is 224 Å². The van der Waals surface area contributed by atoms with Crippen molar-refractivity contribution < 1.29 is 81.5 Å². The highest BCUT2D eigenvalue weighted by Crippen LogP contribution is 2.25. The van der Waals surface area contributed by atoms with Crippen molar-refractivity contribution >= 4 is 164 Å². The molecule has 11 heterocycles. The highest BCUT2D eigenvalue weighted by Gasteiger charge is 2.28. The molecule has 0 saturated heterocycles. The molecule has 0 saturated carbocycles. The third-order valence-corrected chi connectivity index (χ3v) is 21.0. The Balaban J connectivity index is 0.542. The lowest BCUT2D eigenvalue weighted by Gasteiger charge is -2.15. The molecule has 0 aliphatic carbocycles. The van der Waals surface area contributed by atoms with Crippen LogP contribution in [0.5, 0.6) is 0 Å². The van der Waals surface area contributed by atoms with Gasteiger partial charge in [-0.2, -0.15) is 0 Å². The molecule has 730 valence electrons. The normalized spacial score (nSPS) is 11.0. The van der Waals surface area contributed by atoms with Gasteiger partial charge in [-0.1, -0.05) is 0 Å². The number of aryl methyl sites for hydroxylation is 11. The largest absolute Gasteiger partial charge is 0.356 e. The second-order valence-corrected chi connectivity index (χ2v) is 32.3. The van der Waals surface area contributed by atoms with E-state index in [0.29, 0.717) is 18.8 Å². The van der Waals surface area contributed by atoms with Crippen molar-refractivity contribution in [3.8, 4) is 0 Å². The summed E-state index contributed by atoms with van der Waals surface area (Å²) in [7, 11) is 19.3. The van der Waals surface area contributed by atoms with Crippen molar-refractivity contribution in [3.63, 3.8) is 0 Å². The molecule has 0 spiro atoms. The Labute approximate surface area is 787 Å². The molecule has 11 rings (SSSR count). The third-order valence-electron chi connectivity index (χ3n) is 21.0. The van der Waals surface area contributed by atoms with E-state index in [9.17, 15) is 81.5 Å². The van der Waals surface area contributed by atoms with Crippen LogP contribution >= 0.6 is 0 Å². The van der Waals surface area contributed by atoms with Crippen molar-refractivity contribution in [1.29, 1.82) is 0 Å². The summed E-state index contributed by atoms with van der Waals surface area (Å²) in [5.74, 6) is -9.12. The molecule has 0 aliphatic heterocycles. The fourth-order valence-electron chi connectivity index (χ4n) is 14.2. The number of nitrogens with two attached hydrogens (primary N) is 1. The van der Waals surface area contributed by atoms with Gasteiger partial charge in [-0.15, -0.1) is 0 Å². The van der Waals surface area contributed by atoms with Gasteiger partial charge in [0.1, 0.15) is 34.2 Å². The minimum atomic E-state index is -0.681. The van der Waals surface area contributed by atoms with Gasteiger partial charge in [0.15, 0.2) is 29.1 Å². The van der Waals surface area contributed by atoms with Crippen LogP contribution in [0.3, 0.4) is 0 Å². The van der Waals surface area contributed by atoms with Gasteiger partial charge in [0.25, 0.3) is 65.0 Å². The van der Waals surface area contributed by atoms with Crippen LogP contribution in [-0.2, 0) is 106 Å². The van der Waals surface area contributed by atoms with Crippen molar-refractivity contribution in [3.05, 3.63) is 168 Å². The molecule has 138 heavy (non-hydrogen) atoms. The zero-order valence-corrected chi connectivity index (χ0v) is 78.0. The molecule has 0 radical (unpaired) electrons. The molecule has 52 heteroatoms. The molecule has 0 fully saturated rings. The minimum absolute atomic E-state index is 0.0247. The quantitative estimate of drug-likeness (QED) is 0.0238. The predicted molar refractivity (Wildman–Crippen MR) is 503 cm³/mol. The fourth-order valence-corrected chi connectivity index (χ4v) is 14.2. The number of anilines is 11. The topological polar surface area (TPSA) is 643 Å². The molecular formula is C86H109N35O17. The second-order valence-electron chi connectivity index (χ2n) is 32.3. The van der Waals surface area contributed by atoms with Crippen molar-refractivity contribution in [1.82, 2.24) is 112 Å². The summed E-state index contributed by atoms with van der Waals surface area (Å²) in [5, 5.41) is 45.4. The first-order valence-electron chi connectivity index (χ1n) is 43.2. The number of carbonyl (C=O) groups is 17. The van der Waals surface area contributed by atoms with Gasteiger partial charge < -0.3 is 151 Å². The van der Waals surface area contributed by atoms with Gasteiger partial charge in [0.05, 0.1) is 34.1 Å². The SMILES string of the molecule is CC(=O)Nc1cn(C)c(C(=O)Nc2cn(C)c(C(=O)NCCC(=O)NCCC(=O)Nc3cn(C)c(C(=O)Nc4cc(C(=O)Nc5cc(C(=O)NCCCC(=O)Nc6cn(C)c(C(=O)Nc7cc(C(=O)Nc8cc(C(=O)NCCC(=O)Nc9cn(C)c(C(=O)Nc%10cc(C(=O)Nc%11cc(C(=O)NCCC(=O)NCCCN(C)CCCN)n(C)c%11)n(C)c%10)n9)n(C)c8)n(C)c7)n6)n(C)c5)n(C)c4)n3)n2)n1. The molecule has 52 nitrogen and oxygen atoms in total. The van der Waals surface area contributed by atoms with Gasteiger partial charge >= 0.3 is 0 Å². The Morgan fingerprint density at radius 2 is 0.493 bits per heavy atom. The summed E-state index contributed by atoms with van der Waals surface area (Å²) in [6.07, 6.45) is 17.6. The van der Waals surface area contributed by atoms with E-state index in [4.69, 9.17) is 5.73 Å². The zero-order chi connectivity index (χ0) is 100. The van der Waals surface area contributed by atoms with E-state index < -0.39 is 88.6 Å². The minimum Gasteiger partial charge on any atom is -0.356 e. The lowest BCUT2D eigenvalue weighted by Crippen LogP contribution is -2.33. The van der Waals surface area contributed by atoms with E-state index in [1.165, 1.54) is 170 Å². The van der Waals surface area contributed by atoms with E-state index >= 15 is 0 Å². The van der Waals surface area contributed by atoms with Gasteiger partial charge in [-0.05, 0) is 82.3 Å². The van der Waals surface area contributed by atoms with Crippen LogP contribution in [0.2, 0.25) is 0 Å². The third kappa shape index (κ3) is 27.4. The predicted octanol–water partition coefficient (Wildman–Crippen LogP) is 1.19. The number of hydrogen-bond acceptors (Lipinski definition) is 24. The van der Waals surface area contributed by atoms with Crippen molar-refractivity contribution in [2.24, 2.45) is 83.3 Å². The lowest BCUT2D eigenvalue weighted by atomic mass is 10.3. The van der Waals surface area contributed by atoms with Gasteiger partial charge in [-0.25, -0.2) is 24.9 Å². The number of amides is 17. The first-order chi connectivity index (χ1) is 65.6. The summed E-state index contributed by atoms with van der Waals surface area (Å²) in [6, 6.07) is 8.66. The molecule has 0 aromatic carbocycles. The van der Waals surface area contributed by atoms with Crippen LogP contribution in [-0.4, -0.2) is 246 Å². The zero-order valence-electron chi connectivity index (χ0n) is 78.0. The molecule has 17 amide bonds. The van der Waals surface area contributed by atoms with E-state index in [1.54, 1.807) is 69.6 Å². The Bertz CT molecular complexity index is 6500. The van der Waals surface area contributed by atoms with E-state index in [0.717, 1.165) is 25.9 Å². The van der Waals surface area contributed by atoms with Crippen LogP contribution < -0.4 is 96.1 Å². The van der Waals surface area contributed by atoms with E-state index in [-0.39, 0.29) is 204 Å².